The number of aromatic nitrogens is 2. The van der Waals surface area contributed by atoms with Gasteiger partial charge in [0.15, 0.2) is 0 Å². The quantitative estimate of drug-likeness (QED) is 0.602. The molecule has 0 saturated carbocycles. The van der Waals surface area contributed by atoms with Gasteiger partial charge in [-0.25, -0.2) is 18.4 Å². The summed E-state index contributed by atoms with van der Waals surface area (Å²) in [6, 6.07) is 7.54. The number of hydrogen-bond acceptors (Lipinski definition) is 7. The van der Waals surface area contributed by atoms with E-state index in [0.29, 0.717) is 30.4 Å². The molecule has 6 nitrogen and oxygen atoms in total. The van der Waals surface area contributed by atoms with E-state index in [2.05, 4.69) is 36.0 Å². The van der Waals surface area contributed by atoms with Crippen molar-refractivity contribution in [3.8, 4) is 10.6 Å². The number of nitrogens with zero attached hydrogens (tertiary/aromatic N) is 4. The second kappa shape index (κ2) is 7.79. The van der Waals surface area contributed by atoms with Gasteiger partial charge in [0.2, 0.25) is 0 Å². The fraction of sp³-hybridized carbons (Fsp3) is 0.400. The average molecular weight is 449 g/mol. The maximum atomic E-state index is 13.1. The molecule has 0 N–H and O–H groups in total. The number of thiophene rings is 1. The Hall–Kier alpha value is -1.81. The van der Waals surface area contributed by atoms with Gasteiger partial charge in [0.1, 0.15) is 15.0 Å². The van der Waals surface area contributed by atoms with Gasteiger partial charge >= 0.3 is 0 Å². The van der Waals surface area contributed by atoms with E-state index in [1.165, 1.54) is 11.3 Å². The van der Waals surface area contributed by atoms with Crippen LogP contribution < -0.4 is 4.90 Å². The molecule has 29 heavy (non-hydrogen) atoms. The summed E-state index contributed by atoms with van der Waals surface area (Å²) in [5.74, 6) is 0.890. The van der Waals surface area contributed by atoms with Crippen molar-refractivity contribution in [2.75, 3.05) is 31.1 Å². The monoisotopic (exact) mass is 448 g/mol. The van der Waals surface area contributed by atoms with Gasteiger partial charge in [0, 0.05) is 54.1 Å². The van der Waals surface area contributed by atoms with E-state index in [1.54, 1.807) is 27.9 Å². The summed E-state index contributed by atoms with van der Waals surface area (Å²) in [6.07, 6.45) is 1.76. The van der Waals surface area contributed by atoms with E-state index < -0.39 is 10.0 Å². The van der Waals surface area contributed by atoms with Crippen LogP contribution in [0.15, 0.2) is 45.4 Å². The third-order valence-corrected chi connectivity index (χ3v) is 9.11. The predicted molar refractivity (Wildman–Crippen MR) is 119 cm³/mol. The highest BCUT2D eigenvalue weighted by molar-refractivity contribution is 7.91. The van der Waals surface area contributed by atoms with Gasteiger partial charge < -0.3 is 4.90 Å². The maximum absolute atomic E-state index is 13.1. The Kier molecular flexibility index (Phi) is 5.50. The van der Waals surface area contributed by atoms with Crippen LogP contribution in [0.2, 0.25) is 0 Å². The molecule has 0 aromatic carbocycles. The van der Waals surface area contributed by atoms with Gasteiger partial charge in [-0.2, -0.15) is 4.31 Å². The van der Waals surface area contributed by atoms with E-state index in [-0.39, 0.29) is 5.41 Å². The van der Waals surface area contributed by atoms with Crippen LogP contribution >= 0.6 is 22.7 Å². The number of thiazole rings is 1. The zero-order chi connectivity index (χ0) is 20.6. The lowest BCUT2D eigenvalue weighted by Gasteiger charge is -2.34. The van der Waals surface area contributed by atoms with Crippen molar-refractivity contribution in [3.05, 3.63) is 46.9 Å². The Bertz CT molecular complexity index is 1080. The molecule has 0 radical (unpaired) electrons. The van der Waals surface area contributed by atoms with E-state index in [0.717, 1.165) is 22.1 Å². The predicted octanol–water partition coefficient (Wildman–Crippen LogP) is 4.08. The molecule has 0 aliphatic carbocycles. The van der Waals surface area contributed by atoms with Crippen molar-refractivity contribution >= 4 is 38.5 Å². The lowest BCUT2D eigenvalue weighted by molar-refractivity contribution is 0.385. The van der Waals surface area contributed by atoms with Crippen LogP contribution in [0.4, 0.5) is 5.82 Å². The lowest BCUT2D eigenvalue weighted by Crippen LogP contribution is -2.48. The minimum atomic E-state index is -3.49. The zero-order valence-corrected chi connectivity index (χ0v) is 19.1. The van der Waals surface area contributed by atoms with Crippen molar-refractivity contribution in [3.63, 3.8) is 0 Å². The van der Waals surface area contributed by atoms with Crippen molar-refractivity contribution in [1.82, 2.24) is 14.3 Å². The van der Waals surface area contributed by atoms with Crippen LogP contribution in [0.5, 0.6) is 0 Å². The fourth-order valence-electron chi connectivity index (χ4n) is 3.14. The molecule has 3 aromatic rings. The van der Waals surface area contributed by atoms with Gasteiger partial charge in [-0.1, -0.05) is 26.8 Å². The molecular formula is C20H24N4O2S3. The van der Waals surface area contributed by atoms with Crippen molar-refractivity contribution in [2.45, 2.75) is 30.4 Å². The molecule has 0 unspecified atom stereocenters. The van der Waals surface area contributed by atoms with Gasteiger partial charge in [-0.3, -0.25) is 0 Å². The highest BCUT2D eigenvalue weighted by atomic mass is 32.2. The molecular weight excluding hydrogens is 424 g/mol. The fourth-order valence-corrected chi connectivity index (χ4v) is 6.99. The minimum Gasteiger partial charge on any atom is -0.354 e. The smallest absolute Gasteiger partial charge is 0.252 e. The van der Waals surface area contributed by atoms with Crippen LogP contribution in [-0.2, 0) is 15.4 Å². The lowest BCUT2D eigenvalue weighted by atomic mass is 9.93. The molecule has 0 bridgehead atoms. The first-order valence-corrected chi connectivity index (χ1v) is 12.7. The highest BCUT2D eigenvalue weighted by Crippen LogP contribution is 2.34. The van der Waals surface area contributed by atoms with E-state index in [9.17, 15) is 8.42 Å². The molecule has 4 rings (SSSR count). The Morgan fingerprint density at radius 3 is 2.41 bits per heavy atom. The number of pyridine rings is 1. The second-order valence-corrected chi connectivity index (χ2v) is 12.0. The molecule has 1 saturated heterocycles. The Morgan fingerprint density at radius 1 is 1.03 bits per heavy atom. The number of rotatable bonds is 4. The zero-order valence-electron chi connectivity index (χ0n) is 16.7. The first-order valence-electron chi connectivity index (χ1n) is 9.46. The van der Waals surface area contributed by atoms with E-state index >= 15 is 0 Å². The summed E-state index contributed by atoms with van der Waals surface area (Å²) in [4.78, 5) is 11.2. The van der Waals surface area contributed by atoms with Gasteiger partial charge in [-0.15, -0.1) is 22.7 Å². The summed E-state index contributed by atoms with van der Waals surface area (Å²) in [5.41, 5.74) is 1.88. The Labute approximate surface area is 179 Å². The number of piperazine rings is 1. The summed E-state index contributed by atoms with van der Waals surface area (Å²) in [5, 5.41) is 4.81. The Morgan fingerprint density at radius 2 is 1.79 bits per heavy atom. The van der Waals surface area contributed by atoms with Crippen molar-refractivity contribution in [2.24, 2.45) is 0 Å². The molecule has 0 amide bonds. The van der Waals surface area contributed by atoms with Crippen LogP contribution in [0.25, 0.3) is 10.6 Å². The molecule has 4 heterocycles. The number of hydrogen-bond donors (Lipinski definition) is 0. The summed E-state index contributed by atoms with van der Waals surface area (Å²) in [7, 11) is -3.49. The third-order valence-electron chi connectivity index (χ3n) is 4.90. The summed E-state index contributed by atoms with van der Waals surface area (Å²) < 4.78 is 28.2. The topological polar surface area (TPSA) is 66.4 Å². The molecule has 0 spiro atoms. The van der Waals surface area contributed by atoms with E-state index in [4.69, 9.17) is 4.98 Å². The van der Waals surface area contributed by atoms with Crippen LogP contribution in [0, 0.1) is 0 Å². The third kappa shape index (κ3) is 4.23. The molecule has 154 valence electrons. The largest absolute Gasteiger partial charge is 0.354 e. The molecule has 3 aromatic heterocycles. The molecule has 1 fully saturated rings. The SMILES string of the molecule is CC(C)(C)c1csc(-c2csc(S(=O)(=O)N3CCN(c4ccccn4)CC3)c2)n1. The maximum Gasteiger partial charge on any atom is 0.252 e. The van der Waals surface area contributed by atoms with Gasteiger partial charge in [-0.05, 0) is 18.2 Å². The van der Waals surface area contributed by atoms with Crippen LogP contribution in [0.3, 0.4) is 0 Å². The molecule has 1 aliphatic heterocycles. The average Bonchev–Trinajstić information content (AvgIpc) is 3.38. The summed E-state index contributed by atoms with van der Waals surface area (Å²) >= 11 is 2.83. The van der Waals surface area contributed by atoms with E-state index in [1.807, 2.05) is 23.6 Å². The first-order chi connectivity index (χ1) is 13.7. The van der Waals surface area contributed by atoms with Gasteiger partial charge in [0.05, 0.1) is 5.69 Å². The molecule has 0 atom stereocenters. The summed E-state index contributed by atoms with van der Waals surface area (Å²) in [6.45, 7) is 8.56. The minimum absolute atomic E-state index is 0.0209. The van der Waals surface area contributed by atoms with Crippen molar-refractivity contribution in [1.29, 1.82) is 0 Å². The number of sulfonamides is 1. The standard InChI is InChI=1S/C20H24N4O2S3/c1-20(2,3)16-14-28-19(22-16)15-12-18(27-13-15)29(25,26)24-10-8-23(9-11-24)17-6-4-5-7-21-17/h4-7,12-14H,8-11H2,1-3H3. The second-order valence-electron chi connectivity index (χ2n) is 8.02. The van der Waals surface area contributed by atoms with Crippen LogP contribution in [-0.4, -0.2) is 48.9 Å². The highest BCUT2D eigenvalue weighted by Gasteiger charge is 2.30. The first kappa shape index (κ1) is 20.5. The van der Waals surface area contributed by atoms with Crippen LogP contribution in [0.1, 0.15) is 26.5 Å². The molecule has 9 heteroatoms. The Balaban J connectivity index is 1.48. The van der Waals surface area contributed by atoms with Gasteiger partial charge in [0.25, 0.3) is 10.0 Å². The normalized spacial score (nSPS) is 16.3. The molecule has 1 aliphatic rings. The van der Waals surface area contributed by atoms with Crippen molar-refractivity contribution < 1.29 is 8.42 Å². The number of anilines is 1.